The predicted molar refractivity (Wildman–Crippen MR) is 104 cm³/mol. The number of hydrogen-bond acceptors (Lipinski definition) is 5. The average Bonchev–Trinajstić information content (AvgIpc) is 2.92. The molecule has 1 aromatic carbocycles. The molecule has 6 nitrogen and oxygen atoms in total. The smallest absolute Gasteiger partial charge is 0.264 e. The van der Waals surface area contributed by atoms with Crippen LogP contribution >= 0.6 is 34.5 Å². The quantitative estimate of drug-likeness (QED) is 0.527. The number of H-pyrrole nitrogens is 2. The number of benzene rings is 1. The Balaban J connectivity index is 1.97. The third-order valence-electron chi connectivity index (χ3n) is 3.86. The zero-order valence-corrected chi connectivity index (χ0v) is 15.6. The second-order valence-electron chi connectivity index (χ2n) is 5.56. The minimum Gasteiger partial charge on any atom is -0.305 e. The van der Waals surface area contributed by atoms with Crippen LogP contribution in [-0.2, 0) is 0 Å². The zero-order chi connectivity index (χ0) is 18.4. The highest BCUT2D eigenvalue weighted by Crippen LogP contribution is 2.39. The molecule has 3 aromatic heterocycles. The van der Waals surface area contributed by atoms with Crippen LogP contribution in [0.1, 0.15) is 4.88 Å². The number of aromatic amines is 2. The molecule has 3 heterocycles. The maximum atomic E-state index is 12.8. The molecule has 0 atom stereocenters. The molecule has 4 aromatic rings. The summed E-state index contributed by atoms with van der Waals surface area (Å²) in [6.07, 6.45) is 0. The first kappa shape index (κ1) is 17.0. The van der Waals surface area contributed by atoms with Gasteiger partial charge in [-0.15, -0.1) is 11.3 Å². The Labute approximate surface area is 160 Å². The Morgan fingerprint density at radius 1 is 1.12 bits per heavy atom. The van der Waals surface area contributed by atoms with Gasteiger partial charge in [-0.3, -0.25) is 9.59 Å². The van der Waals surface area contributed by atoms with Crippen molar-refractivity contribution in [1.29, 1.82) is 0 Å². The van der Waals surface area contributed by atoms with E-state index in [4.69, 9.17) is 23.2 Å². The van der Waals surface area contributed by atoms with Crippen molar-refractivity contribution in [2.45, 2.75) is 6.92 Å². The van der Waals surface area contributed by atoms with Gasteiger partial charge in [0.15, 0.2) is 5.82 Å². The molecule has 0 aliphatic carbocycles. The van der Waals surface area contributed by atoms with Crippen molar-refractivity contribution in [2.24, 2.45) is 0 Å². The van der Waals surface area contributed by atoms with Crippen LogP contribution in [0.5, 0.6) is 0 Å². The molecule has 0 bridgehead atoms. The standard InChI is InChI=1S/C17H10Cl2N4O2S/c1-7-13(9-3-2-8(18)6-10(9)19)14-16(25)20-15(21-17(14)26-7)11-4-5-12(24)23-22-11/h2-6H,1H3,(H,23,24)(H,20,21,25). The van der Waals surface area contributed by atoms with Crippen molar-refractivity contribution in [3.63, 3.8) is 0 Å². The summed E-state index contributed by atoms with van der Waals surface area (Å²) in [7, 11) is 0. The number of aromatic nitrogens is 4. The van der Waals surface area contributed by atoms with Gasteiger partial charge < -0.3 is 4.98 Å². The van der Waals surface area contributed by atoms with E-state index in [0.717, 1.165) is 16.0 Å². The zero-order valence-electron chi connectivity index (χ0n) is 13.3. The van der Waals surface area contributed by atoms with Crippen molar-refractivity contribution in [3.8, 4) is 22.6 Å². The lowest BCUT2D eigenvalue weighted by Crippen LogP contribution is -2.12. The van der Waals surface area contributed by atoms with Crippen molar-refractivity contribution < 1.29 is 0 Å². The number of fused-ring (bicyclic) bond motifs is 1. The van der Waals surface area contributed by atoms with Gasteiger partial charge in [-0.25, -0.2) is 10.1 Å². The van der Waals surface area contributed by atoms with Gasteiger partial charge in [0, 0.05) is 32.1 Å². The van der Waals surface area contributed by atoms with Gasteiger partial charge in [0.1, 0.15) is 10.5 Å². The Morgan fingerprint density at radius 2 is 1.92 bits per heavy atom. The van der Waals surface area contributed by atoms with E-state index in [1.54, 1.807) is 18.2 Å². The van der Waals surface area contributed by atoms with Crippen LogP contribution in [0.2, 0.25) is 10.0 Å². The Kier molecular flexibility index (Phi) is 4.14. The van der Waals surface area contributed by atoms with Gasteiger partial charge in [-0.05, 0) is 25.1 Å². The molecule has 0 fully saturated rings. The summed E-state index contributed by atoms with van der Waals surface area (Å²) >= 11 is 13.7. The Hall–Kier alpha value is -2.48. The number of halogens is 2. The Morgan fingerprint density at radius 3 is 2.62 bits per heavy atom. The van der Waals surface area contributed by atoms with E-state index in [0.29, 0.717) is 26.0 Å². The lowest BCUT2D eigenvalue weighted by atomic mass is 10.0. The molecular weight excluding hydrogens is 395 g/mol. The van der Waals surface area contributed by atoms with Crippen molar-refractivity contribution in [1.82, 2.24) is 20.2 Å². The summed E-state index contributed by atoms with van der Waals surface area (Å²) < 4.78 is 0. The first-order valence-corrected chi connectivity index (χ1v) is 9.06. The number of aryl methyl sites for hydroxylation is 1. The molecule has 0 spiro atoms. The van der Waals surface area contributed by atoms with Crippen LogP contribution in [0, 0.1) is 6.92 Å². The van der Waals surface area contributed by atoms with Crippen molar-refractivity contribution >= 4 is 44.8 Å². The van der Waals surface area contributed by atoms with Crippen LogP contribution in [0.15, 0.2) is 39.9 Å². The van der Waals surface area contributed by atoms with E-state index < -0.39 is 0 Å². The first-order chi connectivity index (χ1) is 12.4. The molecule has 0 unspecified atom stereocenters. The van der Waals surface area contributed by atoms with Gasteiger partial charge >= 0.3 is 0 Å². The monoisotopic (exact) mass is 404 g/mol. The lowest BCUT2D eigenvalue weighted by molar-refractivity contribution is 0.978. The van der Waals surface area contributed by atoms with E-state index in [1.165, 1.54) is 23.5 Å². The molecule has 0 aliphatic rings. The number of nitrogens with one attached hydrogen (secondary N) is 2. The summed E-state index contributed by atoms with van der Waals surface area (Å²) in [5.41, 5.74) is 1.20. The molecule has 4 rings (SSSR count). The van der Waals surface area contributed by atoms with Crippen molar-refractivity contribution in [3.05, 3.63) is 66.0 Å². The molecule has 130 valence electrons. The Bertz CT molecular complexity index is 1260. The fourth-order valence-electron chi connectivity index (χ4n) is 2.73. The second kappa shape index (κ2) is 6.35. The molecule has 0 radical (unpaired) electrons. The molecule has 26 heavy (non-hydrogen) atoms. The summed E-state index contributed by atoms with van der Waals surface area (Å²) in [5, 5.41) is 7.68. The van der Waals surface area contributed by atoms with Gasteiger partial charge in [0.05, 0.1) is 5.39 Å². The third kappa shape index (κ3) is 2.84. The number of thiophene rings is 1. The number of hydrogen-bond donors (Lipinski definition) is 2. The van der Waals surface area contributed by atoms with Crippen LogP contribution in [0.3, 0.4) is 0 Å². The minimum atomic E-state index is -0.330. The average molecular weight is 405 g/mol. The normalized spacial score (nSPS) is 11.2. The van der Waals surface area contributed by atoms with Gasteiger partial charge in [-0.1, -0.05) is 29.3 Å². The SMILES string of the molecule is Cc1sc2nc(-c3ccc(=O)[nH]n3)[nH]c(=O)c2c1-c1ccc(Cl)cc1Cl. The second-order valence-corrected chi connectivity index (χ2v) is 7.61. The molecule has 0 saturated heterocycles. The highest BCUT2D eigenvalue weighted by molar-refractivity contribution is 7.19. The van der Waals surface area contributed by atoms with Gasteiger partial charge in [0.25, 0.3) is 11.1 Å². The summed E-state index contributed by atoms with van der Waals surface area (Å²) in [4.78, 5) is 32.6. The summed E-state index contributed by atoms with van der Waals surface area (Å²) in [6, 6.07) is 7.98. The fraction of sp³-hybridized carbons (Fsp3) is 0.0588. The number of rotatable bonds is 2. The maximum absolute atomic E-state index is 12.8. The summed E-state index contributed by atoms with van der Waals surface area (Å²) in [6.45, 7) is 1.91. The predicted octanol–water partition coefficient (Wildman–Crippen LogP) is 4.02. The van der Waals surface area contributed by atoms with Crippen molar-refractivity contribution in [2.75, 3.05) is 0 Å². The van der Waals surface area contributed by atoms with Gasteiger partial charge in [0.2, 0.25) is 0 Å². The summed E-state index contributed by atoms with van der Waals surface area (Å²) in [5.74, 6) is 0.286. The maximum Gasteiger partial charge on any atom is 0.264 e. The third-order valence-corrected chi connectivity index (χ3v) is 5.41. The number of nitrogens with zero attached hydrogens (tertiary/aromatic N) is 2. The van der Waals surface area contributed by atoms with E-state index in [9.17, 15) is 9.59 Å². The van der Waals surface area contributed by atoms with Crippen LogP contribution in [-0.4, -0.2) is 20.2 Å². The first-order valence-electron chi connectivity index (χ1n) is 7.49. The molecular formula is C17H10Cl2N4O2S. The van der Waals surface area contributed by atoms with Crippen LogP contribution < -0.4 is 11.1 Å². The molecule has 0 saturated carbocycles. The molecule has 0 amide bonds. The lowest BCUT2D eigenvalue weighted by Gasteiger charge is -2.05. The molecule has 2 N–H and O–H groups in total. The largest absolute Gasteiger partial charge is 0.305 e. The molecule has 9 heteroatoms. The van der Waals surface area contributed by atoms with Crippen LogP contribution in [0.25, 0.3) is 32.9 Å². The van der Waals surface area contributed by atoms with E-state index in [1.807, 2.05) is 6.92 Å². The molecule has 0 aliphatic heterocycles. The van der Waals surface area contributed by atoms with E-state index in [2.05, 4.69) is 20.2 Å². The highest BCUT2D eigenvalue weighted by Gasteiger charge is 2.19. The van der Waals surface area contributed by atoms with Crippen LogP contribution in [0.4, 0.5) is 0 Å². The highest BCUT2D eigenvalue weighted by atomic mass is 35.5. The minimum absolute atomic E-state index is 0.286. The fourth-order valence-corrected chi connectivity index (χ4v) is 4.27. The van der Waals surface area contributed by atoms with Gasteiger partial charge in [-0.2, -0.15) is 5.10 Å². The van der Waals surface area contributed by atoms with E-state index >= 15 is 0 Å². The topological polar surface area (TPSA) is 91.5 Å². The van der Waals surface area contributed by atoms with E-state index in [-0.39, 0.29) is 16.9 Å².